The van der Waals surface area contributed by atoms with Crippen LogP contribution in [0.25, 0.3) is 0 Å². The van der Waals surface area contributed by atoms with Crippen LogP contribution in [0.5, 0.6) is 11.5 Å². The second-order valence-corrected chi connectivity index (χ2v) is 5.13. The maximum absolute atomic E-state index is 5.86. The van der Waals surface area contributed by atoms with E-state index in [1.54, 1.807) is 7.11 Å². The Bertz CT molecular complexity index is 392. The number of methoxy groups -OCH3 is 1. The number of para-hydroxylation sites is 2. The van der Waals surface area contributed by atoms with Crippen molar-refractivity contribution in [1.82, 2.24) is 10.2 Å². The van der Waals surface area contributed by atoms with Gasteiger partial charge in [-0.3, -0.25) is 4.90 Å². The smallest absolute Gasteiger partial charge is 0.161 e. The molecule has 1 fully saturated rings. The van der Waals surface area contributed by atoms with Gasteiger partial charge in [-0.1, -0.05) is 19.1 Å². The molecule has 4 nitrogen and oxygen atoms in total. The van der Waals surface area contributed by atoms with E-state index in [-0.39, 0.29) is 0 Å². The summed E-state index contributed by atoms with van der Waals surface area (Å²) in [5.74, 6) is 1.63. The van der Waals surface area contributed by atoms with Crippen molar-refractivity contribution in [3.63, 3.8) is 0 Å². The molecular formula is C16H26N2O2. The van der Waals surface area contributed by atoms with E-state index < -0.39 is 0 Å². The average Bonchev–Trinajstić information content (AvgIpc) is 2.53. The molecule has 0 aliphatic carbocycles. The minimum Gasteiger partial charge on any atom is -0.493 e. The third kappa shape index (κ3) is 4.12. The molecule has 112 valence electrons. The third-order valence-electron chi connectivity index (χ3n) is 3.90. The van der Waals surface area contributed by atoms with Gasteiger partial charge in [0.1, 0.15) is 6.61 Å². The van der Waals surface area contributed by atoms with Crippen LogP contribution >= 0.6 is 0 Å². The molecule has 20 heavy (non-hydrogen) atoms. The monoisotopic (exact) mass is 278 g/mol. The van der Waals surface area contributed by atoms with Crippen molar-refractivity contribution in [2.75, 3.05) is 39.9 Å². The van der Waals surface area contributed by atoms with Crippen molar-refractivity contribution in [3.05, 3.63) is 24.3 Å². The molecule has 1 saturated heterocycles. The fourth-order valence-corrected chi connectivity index (χ4v) is 2.75. The number of hydrogen-bond donors (Lipinski definition) is 1. The fraction of sp³-hybridized carbons (Fsp3) is 0.625. The van der Waals surface area contributed by atoms with Crippen molar-refractivity contribution in [2.45, 2.75) is 25.8 Å². The van der Waals surface area contributed by atoms with Gasteiger partial charge < -0.3 is 14.8 Å². The van der Waals surface area contributed by atoms with E-state index in [2.05, 4.69) is 17.1 Å². The standard InChI is InChI=1S/C16H26N2O2/c1-3-18(14-7-6-10-17-13-14)11-12-20-16-9-5-4-8-15(16)19-2/h4-5,8-9,14,17H,3,6-7,10-13H2,1-2H3. The molecule has 1 N–H and O–H groups in total. The summed E-state index contributed by atoms with van der Waals surface area (Å²) in [4.78, 5) is 2.50. The van der Waals surface area contributed by atoms with E-state index in [1.165, 1.54) is 12.8 Å². The number of benzene rings is 1. The largest absolute Gasteiger partial charge is 0.493 e. The number of likely N-dealkylation sites (N-methyl/N-ethyl adjacent to an activating group) is 1. The predicted octanol–water partition coefficient (Wildman–Crippen LogP) is 2.15. The van der Waals surface area contributed by atoms with Crippen LogP contribution in [-0.2, 0) is 0 Å². The molecular weight excluding hydrogens is 252 g/mol. The van der Waals surface area contributed by atoms with Gasteiger partial charge >= 0.3 is 0 Å². The van der Waals surface area contributed by atoms with Gasteiger partial charge in [0.05, 0.1) is 7.11 Å². The second-order valence-electron chi connectivity index (χ2n) is 5.13. The first-order chi connectivity index (χ1) is 9.85. The molecule has 0 aromatic heterocycles. The summed E-state index contributed by atoms with van der Waals surface area (Å²) >= 11 is 0. The van der Waals surface area contributed by atoms with Crippen molar-refractivity contribution in [1.29, 1.82) is 0 Å². The Hall–Kier alpha value is -1.26. The topological polar surface area (TPSA) is 33.7 Å². The number of ether oxygens (including phenoxy) is 2. The van der Waals surface area contributed by atoms with Gasteiger partial charge in [-0.05, 0) is 38.1 Å². The first-order valence-corrected chi connectivity index (χ1v) is 7.55. The van der Waals surface area contributed by atoms with E-state index in [4.69, 9.17) is 9.47 Å². The molecule has 0 spiro atoms. The van der Waals surface area contributed by atoms with E-state index in [0.717, 1.165) is 37.7 Å². The fourth-order valence-electron chi connectivity index (χ4n) is 2.75. The van der Waals surface area contributed by atoms with Gasteiger partial charge in [0.15, 0.2) is 11.5 Å². The molecule has 1 aromatic rings. The Labute approximate surface area is 122 Å². The zero-order valence-electron chi connectivity index (χ0n) is 12.6. The molecule has 1 aliphatic rings. The minimum absolute atomic E-state index is 0.648. The molecule has 1 atom stereocenters. The predicted molar refractivity (Wildman–Crippen MR) is 81.6 cm³/mol. The lowest BCUT2D eigenvalue weighted by Crippen LogP contribution is -2.47. The lowest BCUT2D eigenvalue weighted by Gasteiger charge is -2.33. The Balaban J connectivity index is 1.81. The molecule has 2 rings (SSSR count). The number of nitrogens with one attached hydrogen (secondary N) is 1. The number of hydrogen-bond acceptors (Lipinski definition) is 4. The van der Waals surface area contributed by atoms with Crippen molar-refractivity contribution in [2.24, 2.45) is 0 Å². The molecule has 1 unspecified atom stereocenters. The summed E-state index contributed by atoms with van der Waals surface area (Å²) in [7, 11) is 1.67. The van der Waals surface area contributed by atoms with Gasteiger partial charge in [0.25, 0.3) is 0 Å². The number of piperidine rings is 1. The molecule has 4 heteroatoms. The Kier molecular flexibility index (Phi) is 6.15. The zero-order chi connectivity index (χ0) is 14.2. The van der Waals surface area contributed by atoms with Crippen molar-refractivity contribution < 1.29 is 9.47 Å². The maximum Gasteiger partial charge on any atom is 0.161 e. The Morgan fingerprint density at radius 1 is 1.30 bits per heavy atom. The SMILES string of the molecule is CCN(CCOc1ccccc1OC)C1CCCNC1. The van der Waals surface area contributed by atoms with Crippen molar-refractivity contribution >= 4 is 0 Å². The summed E-state index contributed by atoms with van der Waals surface area (Å²) in [5.41, 5.74) is 0. The highest BCUT2D eigenvalue weighted by Gasteiger charge is 2.19. The van der Waals surface area contributed by atoms with Gasteiger partial charge in [-0.15, -0.1) is 0 Å². The molecule has 1 aliphatic heterocycles. The summed E-state index contributed by atoms with van der Waals surface area (Å²) in [6.07, 6.45) is 2.56. The highest BCUT2D eigenvalue weighted by molar-refractivity contribution is 5.39. The summed E-state index contributed by atoms with van der Waals surface area (Å²) in [6, 6.07) is 8.46. The van der Waals surface area contributed by atoms with Crippen LogP contribution in [0, 0.1) is 0 Å². The first-order valence-electron chi connectivity index (χ1n) is 7.55. The minimum atomic E-state index is 0.648. The van der Waals surface area contributed by atoms with Gasteiger partial charge in [0, 0.05) is 19.1 Å². The highest BCUT2D eigenvalue weighted by atomic mass is 16.5. The van der Waals surface area contributed by atoms with Crippen LogP contribution in [0.4, 0.5) is 0 Å². The van der Waals surface area contributed by atoms with E-state index in [9.17, 15) is 0 Å². The average molecular weight is 278 g/mol. The van der Waals surface area contributed by atoms with Crippen LogP contribution in [0.3, 0.4) is 0 Å². The van der Waals surface area contributed by atoms with E-state index in [0.29, 0.717) is 12.6 Å². The van der Waals surface area contributed by atoms with Gasteiger partial charge in [0.2, 0.25) is 0 Å². The second kappa shape index (κ2) is 8.12. The van der Waals surface area contributed by atoms with Crippen molar-refractivity contribution in [3.8, 4) is 11.5 Å². The summed E-state index contributed by atoms with van der Waals surface area (Å²) < 4.78 is 11.2. The van der Waals surface area contributed by atoms with Crippen LogP contribution in [-0.4, -0.2) is 50.8 Å². The molecule has 0 radical (unpaired) electrons. The maximum atomic E-state index is 5.86. The van der Waals surface area contributed by atoms with Crippen LogP contribution in [0.2, 0.25) is 0 Å². The zero-order valence-corrected chi connectivity index (χ0v) is 12.6. The van der Waals surface area contributed by atoms with E-state index >= 15 is 0 Å². The lowest BCUT2D eigenvalue weighted by molar-refractivity contribution is 0.143. The van der Waals surface area contributed by atoms with Gasteiger partial charge in [-0.2, -0.15) is 0 Å². The Morgan fingerprint density at radius 2 is 2.10 bits per heavy atom. The number of rotatable bonds is 7. The molecule has 0 amide bonds. The molecule has 1 heterocycles. The third-order valence-corrected chi connectivity index (χ3v) is 3.90. The Morgan fingerprint density at radius 3 is 2.75 bits per heavy atom. The molecule has 0 bridgehead atoms. The normalized spacial score (nSPS) is 19.1. The van der Waals surface area contributed by atoms with Crippen LogP contribution in [0.15, 0.2) is 24.3 Å². The molecule has 1 aromatic carbocycles. The van der Waals surface area contributed by atoms with E-state index in [1.807, 2.05) is 24.3 Å². The first kappa shape index (κ1) is 15.1. The summed E-state index contributed by atoms with van der Waals surface area (Å²) in [6.45, 7) is 7.21. The summed E-state index contributed by atoms with van der Waals surface area (Å²) in [5, 5.41) is 3.47. The van der Waals surface area contributed by atoms with Crippen LogP contribution in [0.1, 0.15) is 19.8 Å². The lowest BCUT2D eigenvalue weighted by atomic mass is 10.1. The quantitative estimate of drug-likeness (QED) is 0.828. The van der Waals surface area contributed by atoms with Gasteiger partial charge in [-0.25, -0.2) is 0 Å². The van der Waals surface area contributed by atoms with Crippen LogP contribution < -0.4 is 14.8 Å². The highest BCUT2D eigenvalue weighted by Crippen LogP contribution is 2.25. The number of nitrogens with zero attached hydrogens (tertiary/aromatic N) is 1. The molecule has 0 saturated carbocycles.